The number of thioether (sulfide) groups is 1. The largest absolute Gasteiger partial charge is 0.337 e. The molecule has 0 saturated heterocycles. The van der Waals surface area contributed by atoms with E-state index in [-0.39, 0.29) is 5.91 Å². The van der Waals surface area contributed by atoms with E-state index < -0.39 is 0 Å². The molecule has 0 aromatic heterocycles. The van der Waals surface area contributed by atoms with Gasteiger partial charge in [-0.3, -0.25) is 9.80 Å². The molecule has 0 aliphatic carbocycles. The average Bonchev–Trinajstić information content (AvgIpc) is 3.08. The van der Waals surface area contributed by atoms with E-state index in [1.165, 1.54) is 4.90 Å². The third-order valence-corrected chi connectivity index (χ3v) is 5.06. The number of anilines is 1. The molecule has 2 aromatic carbocycles. The SMILES string of the molecule is CSc1ccc(CN(C)C(=O)c2ccc(N3CCC(C)=N3)cc2)cc1. The monoisotopic (exact) mass is 353 g/mol. The summed E-state index contributed by atoms with van der Waals surface area (Å²) in [5.41, 5.74) is 4.01. The number of hydrogen-bond acceptors (Lipinski definition) is 4. The summed E-state index contributed by atoms with van der Waals surface area (Å²) < 4.78 is 0. The fraction of sp³-hybridized carbons (Fsp3) is 0.300. The molecule has 0 bridgehead atoms. The Morgan fingerprint density at radius 2 is 1.84 bits per heavy atom. The maximum Gasteiger partial charge on any atom is 0.253 e. The molecule has 1 aliphatic heterocycles. The molecule has 0 atom stereocenters. The molecule has 0 N–H and O–H groups in total. The van der Waals surface area contributed by atoms with Crippen LogP contribution < -0.4 is 5.01 Å². The summed E-state index contributed by atoms with van der Waals surface area (Å²) in [6.45, 7) is 3.55. The highest BCUT2D eigenvalue weighted by molar-refractivity contribution is 7.98. The summed E-state index contributed by atoms with van der Waals surface area (Å²) in [6, 6.07) is 16.0. The maximum atomic E-state index is 12.6. The van der Waals surface area contributed by atoms with Crippen molar-refractivity contribution in [1.82, 2.24) is 4.90 Å². The van der Waals surface area contributed by atoms with Gasteiger partial charge in [0.1, 0.15) is 0 Å². The van der Waals surface area contributed by atoms with E-state index in [0.717, 1.165) is 29.9 Å². The van der Waals surface area contributed by atoms with Crippen LogP contribution in [-0.2, 0) is 6.54 Å². The van der Waals surface area contributed by atoms with Gasteiger partial charge < -0.3 is 4.90 Å². The standard InChI is InChI=1S/C20H23N3OS/c1-15-12-13-23(21-15)18-8-6-17(7-9-18)20(24)22(2)14-16-4-10-19(25-3)11-5-16/h4-11H,12-14H2,1-3H3. The van der Waals surface area contributed by atoms with E-state index in [1.54, 1.807) is 16.7 Å². The first kappa shape index (κ1) is 17.5. The molecule has 3 rings (SSSR count). The number of carbonyl (C=O) groups is 1. The third kappa shape index (κ3) is 4.23. The summed E-state index contributed by atoms with van der Waals surface area (Å²) in [7, 11) is 1.84. The lowest BCUT2D eigenvalue weighted by molar-refractivity contribution is 0.0785. The van der Waals surface area contributed by atoms with Crippen LogP contribution in [0, 0.1) is 0 Å². The van der Waals surface area contributed by atoms with Crippen molar-refractivity contribution in [3.05, 3.63) is 59.7 Å². The lowest BCUT2D eigenvalue weighted by Gasteiger charge is -2.18. The molecular weight excluding hydrogens is 330 g/mol. The van der Waals surface area contributed by atoms with Gasteiger partial charge in [-0.25, -0.2) is 0 Å². The first-order valence-corrected chi connectivity index (χ1v) is 9.59. The third-order valence-electron chi connectivity index (χ3n) is 4.31. The molecule has 5 heteroatoms. The second-order valence-corrected chi connectivity index (χ2v) is 7.14. The molecule has 4 nitrogen and oxygen atoms in total. The number of hydrogen-bond donors (Lipinski definition) is 0. The highest BCUT2D eigenvalue weighted by Crippen LogP contribution is 2.21. The van der Waals surface area contributed by atoms with Gasteiger partial charge in [0.25, 0.3) is 5.91 Å². The minimum absolute atomic E-state index is 0.0293. The molecule has 1 heterocycles. The van der Waals surface area contributed by atoms with Crippen LogP contribution in [0.5, 0.6) is 0 Å². The normalized spacial score (nSPS) is 13.7. The second-order valence-electron chi connectivity index (χ2n) is 6.26. The lowest BCUT2D eigenvalue weighted by Crippen LogP contribution is -2.26. The average molecular weight is 353 g/mol. The topological polar surface area (TPSA) is 35.9 Å². The van der Waals surface area contributed by atoms with Gasteiger partial charge in [-0.1, -0.05) is 12.1 Å². The first-order chi connectivity index (χ1) is 12.1. The quantitative estimate of drug-likeness (QED) is 0.753. The van der Waals surface area contributed by atoms with Gasteiger partial charge in [-0.15, -0.1) is 11.8 Å². The zero-order chi connectivity index (χ0) is 17.8. The molecule has 0 fully saturated rings. The van der Waals surface area contributed by atoms with Crippen molar-refractivity contribution in [2.24, 2.45) is 5.10 Å². The fourth-order valence-electron chi connectivity index (χ4n) is 2.83. The summed E-state index contributed by atoms with van der Waals surface area (Å²) >= 11 is 1.72. The van der Waals surface area contributed by atoms with Crippen molar-refractivity contribution in [1.29, 1.82) is 0 Å². The second kappa shape index (κ2) is 7.74. The van der Waals surface area contributed by atoms with E-state index in [2.05, 4.69) is 35.6 Å². The van der Waals surface area contributed by atoms with Crippen LogP contribution in [0.2, 0.25) is 0 Å². The van der Waals surface area contributed by atoms with Gasteiger partial charge in [0.05, 0.1) is 5.69 Å². The summed E-state index contributed by atoms with van der Waals surface area (Å²) in [5, 5.41) is 6.48. The Bertz CT molecular complexity index is 769. The smallest absolute Gasteiger partial charge is 0.253 e. The molecule has 130 valence electrons. The first-order valence-electron chi connectivity index (χ1n) is 8.37. The number of benzene rings is 2. The molecule has 0 radical (unpaired) electrons. The molecular formula is C20H23N3OS. The molecule has 0 saturated carbocycles. The van der Waals surface area contributed by atoms with Gasteiger partial charge >= 0.3 is 0 Å². The molecule has 1 amide bonds. The molecule has 1 aliphatic rings. The van der Waals surface area contributed by atoms with Gasteiger partial charge in [-0.05, 0) is 55.1 Å². The van der Waals surface area contributed by atoms with E-state index in [1.807, 2.05) is 43.2 Å². The van der Waals surface area contributed by atoms with Crippen LogP contribution in [0.25, 0.3) is 0 Å². The maximum absolute atomic E-state index is 12.6. The summed E-state index contributed by atoms with van der Waals surface area (Å²) in [6.07, 6.45) is 3.06. The highest BCUT2D eigenvalue weighted by atomic mass is 32.2. The Kier molecular flexibility index (Phi) is 5.43. The number of rotatable bonds is 5. The number of amides is 1. The van der Waals surface area contributed by atoms with Crippen molar-refractivity contribution in [3.63, 3.8) is 0 Å². The van der Waals surface area contributed by atoms with Crippen molar-refractivity contribution >= 4 is 29.1 Å². The van der Waals surface area contributed by atoms with Gasteiger partial charge in [-0.2, -0.15) is 5.10 Å². The van der Waals surface area contributed by atoms with Crippen LogP contribution in [0.1, 0.15) is 29.3 Å². The molecule has 2 aromatic rings. The van der Waals surface area contributed by atoms with Crippen LogP contribution in [0.15, 0.2) is 58.5 Å². The Morgan fingerprint density at radius 1 is 1.16 bits per heavy atom. The van der Waals surface area contributed by atoms with E-state index >= 15 is 0 Å². The molecule has 0 unspecified atom stereocenters. The van der Waals surface area contributed by atoms with E-state index in [4.69, 9.17) is 0 Å². The molecule has 0 spiro atoms. The Balaban J connectivity index is 1.65. The Labute approximate surface area is 153 Å². The number of nitrogens with zero attached hydrogens (tertiary/aromatic N) is 3. The summed E-state index contributed by atoms with van der Waals surface area (Å²) in [4.78, 5) is 15.6. The predicted octanol–water partition coefficient (Wildman–Crippen LogP) is 4.27. The van der Waals surface area contributed by atoms with Crippen molar-refractivity contribution in [2.45, 2.75) is 24.8 Å². The van der Waals surface area contributed by atoms with E-state index in [0.29, 0.717) is 12.1 Å². The molecule has 25 heavy (non-hydrogen) atoms. The van der Waals surface area contributed by atoms with Gasteiger partial charge in [0.2, 0.25) is 0 Å². The number of hydrazone groups is 1. The zero-order valence-corrected chi connectivity index (χ0v) is 15.7. The summed E-state index contributed by atoms with van der Waals surface area (Å²) in [5.74, 6) is 0.0293. The minimum Gasteiger partial charge on any atom is -0.337 e. The van der Waals surface area contributed by atoms with Crippen LogP contribution in [0.3, 0.4) is 0 Å². The van der Waals surface area contributed by atoms with Crippen LogP contribution >= 0.6 is 11.8 Å². The van der Waals surface area contributed by atoms with E-state index in [9.17, 15) is 4.79 Å². The minimum atomic E-state index is 0.0293. The Morgan fingerprint density at radius 3 is 2.40 bits per heavy atom. The predicted molar refractivity (Wildman–Crippen MR) is 106 cm³/mol. The van der Waals surface area contributed by atoms with Gasteiger partial charge in [0, 0.05) is 42.7 Å². The highest BCUT2D eigenvalue weighted by Gasteiger charge is 2.15. The fourth-order valence-corrected chi connectivity index (χ4v) is 3.24. The van der Waals surface area contributed by atoms with Crippen molar-refractivity contribution in [3.8, 4) is 0 Å². The Hall–Kier alpha value is -2.27. The van der Waals surface area contributed by atoms with Crippen LogP contribution in [-0.4, -0.2) is 36.4 Å². The van der Waals surface area contributed by atoms with Gasteiger partial charge in [0.15, 0.2) is 0 Å². The van der Waals surface area contributed by atoms with Crippen molar-refractivity contribution < 1.29 is 4.79 Å². The van der Waals surface area contributed by atoms with Crippen LogP contribution in [0.4, 0.5) is 5.69 Å². The zero-order valence-electron chi connectivity index (χ0n) is 14.9. The lowest BCUT2D eigenvalue weighted by atomic mass is 10.1. The van der Waals surface area contributed by atoms with Crippen molar-refractivity contribution in [2.75, 3.05) is 24.9 Å². The number of carbonyl (C=O) groups excluding carboxylic acids is 1.